The number of tetrazole rings is 1. The monoisotopic (exact) mass is 347 g/mol. The average Bonchev–Trinajstić information content (AvgIpc) is 2.91. The first-order chi connectivity index (χ1) is 10.1. The van der Waals surface area contributed by atoms with Gasteiger partial charge in [-0.05, 0) is 57.0 Å². The number of aromatic nitrogens is 4. The molecule has 0 amide bonds. The van der Waals surface area contributed by atoms with Gasteiger partial charge in [-0.3, -0.25) is 0 Å². The molecule has 1 heterocycles. The van der Waals surface area contributed by atoms with E-state index in [4.69, 9.17) is 5.73 Å². The third kappa shape index (κ3) is 2.29. The minimum absolute atomic E-state index is 0.263. The van der Waals surface area contributed by atoms with Gasteiger partial charge in [0.15, 0.2) is 5.82 Å². The molecule has 0 aliphatic carbocycles. The van der Waals surface area contributed by atoms with Crippen molar-refractivity contribution in [3.05, 3.63) is 52.3 Å². The van der Waals surface area contributed by atoms with E-state index in [1.54, 1.807) is 18.2 Å². The van der Waals surface area contributed by atoms with E-state index < -0.39 is 5.82 Å². The lowest BCUT2D eigenvalue weighted by atomic mass is 10.1. The molecule has 21 heavy (non-hydrogen) atoms. The Labute approximate surface area is 128 Å². The number of nitrogen functional groups attached to an aromatic ring is 1. The van der Waals surface area contributed by atoms with Crippen molar-refractivity contribution in [3.63, 3.8) is 0 Å². The number of halogens is 2. The second-order valence-electron chi connectivity index (χ2n) is 4.50. The van der Waals surface area contributed by atoms with Crippen LogP contribution < -0.4 is 5.73 Å². The van der Waals surface area contributed by atoms with Crippen LogP contribution in [0.3, 0.4) is 0 Å². The smallest absolute Gasteiger partial charge is 0.187 e. The fraction of sp³-hybridized carbons (Fsp3) is 0.0714. The highest BCUT2D eigenvalue weighted by molar-refractivity contribution is 9.10. The number of nitrogens with two attached hydrogens (primary N) is 1. The second kappa shape index (κ2) is 5.25. The SMILES string of the molecule is Cc1c(N)cccc1-c1nnnn1-c1c(F)cccc1Br. The van der Waals surface area contributed by atoms with Crippen molar-refractivity contribution in [1.82, 2.24) is 20.2 Å². The Morgan fingerprint density at radius 2 is 1.95 bits per heavy atom. The maximum absolute atomic E-state index is 14.1. The molecule has 0 atom stereocenters. The third-order valence-electron chi connectivity index (χ3n) is 3.24. The Kier molecular flexibility index (Phi) is 3.42. The third-order valence-corrected chi connectivity index (χ3v) is 3.88. The molecule has 0 saturated heterocycles. The number of hydrogen-bond acceptors (Lipinski definition) is 4. The summed E-state index contributed by atoms with van der Waals surface area (Å²) in [5.74, 6) is 0.0186. The van der Waals surface area contributed by atoms with Gasteiger partial charge in [0.25, 0.3) is 0 Å². The van der Waals surface area contributed by atoms with Crippen molar-refractivity contribution in [3.8, 4) is 17.1 Å². The van der Waals surface area contributed by atoms with Gasteiger partial charge in [0, 0.05) is 15.7 Å². The molecule has 1 aromatic heterocycles. The minimum atomic E-state index is -0.417. The van der Waals surface area contributed by atoms with E-state index in [2.05, 4.69) is 31.5 Å². The van der Waals surface area contributed by atoms with Gasteiger partial charge in [0.1, 0.15) is 11.5 Å². The molecule has 0 unspecified atom stereocenters. The molecule has 3 aromatic rings. The topological polar surface area (TPSA) is 69.6 Å². The Hall–Kier alpha value is -2.28. The Bertz CT molecular complexity index is 795. The maximum Gasteiger partial charge on any atom is 0.187 e. The molecule has 2 N–H and O–H groups in total. The summed E-state index contributed by atoms with van der Waals surface area (Å²) in [4.78, 5) is 0. The molecule has 3 rings (SSSR count). The van der Waals surface area contributed by atoms with Crippen LogP contribution in [0.5, 0.6) is 0 Å². The van der Waals surface area contributed by atoms with Gasteiger partial charge in [-0.2, -0.15) is 4.68 Å². The lowest BCUT2D eigenvalue weighted by Crippen LogP contribution is -2.05. The van der Waals surface area contributed by atoms with E-state index in [1.807, 2.05) is 19.1 Å². The molecule has 0 radical (unpaired) electrons. The Morgan fingerprint density at radius 1 is 1.19 bits per heavy atom. The molecule has 7 heteroatoms. The number of rotatable bonds is 2. The van der Waals surface area contributed by atoms with E-state index in [-0.39, 0.29) is 5.69 Å². The van der Waals surface area contributed by atoms with Crippen LogP contribution in [0.25, 0.3) is 17.1 Å². The highest BCUT2D eigenvalue weighted by Gasteiger charge is 2.18. The van der Waals surface area contributed by atoms with Crippen LogP contribution in [-0.2, 0) is 0 Å². The number of benzene rings is 2. The largest absolute Gasteiger partial charge is 0.398 e. The summed E-state index contributed by atoms with van der Waals surface area (Å²) in [5, 5.41) is 11.6. The first-order valence-corrected chi connectivity index (χ1v) is 6.97. The average molecular weight is 348 g/mol. The molecular weight excluding hydrogens is 337 g/mol. The fourth-order valence-electron chi connectivity index (χ4n) is 2.09. The Balaban J connectivity index is 2.25. The second-order valence-corrected chi connectivity index (χ2v) is 5.36. The summed E-state index contributed by atoms with van der Waals surface area (Å²) in [6.45, 7) is 1.88. The predicted molar refractivity (Wildman–Crippen MR) is 81.4 cm³/mol. The van der Waals surface area contributed by atoms with Crippen molar-refractivity contribution in [2.75, 3.05) is 5.73 Å². The van der Waals surface area contributed by atoms with Crippen LogP contribution in [0, 0.1) is 12.7 Å². The van der Waals surface area contributed by atoms with E-state index in [9.17, 15) is 4.39 Å². The number of hydrogen-bond donors (Lipinski definition) is 1. The normalized spacial score (nSPS) is 10.8. The van der Waals surface area contributed by atoms with Gasteiger partial charge < -0.3 is 5.73 Å². The summed E-state index contributed by atoms with van der Waals surface area (Å²) >= 11 is 3.33. The fourth-order valence-corrected chi connectivity index (χ4v) is 2.60. The molecule has 2 aromatic carbocycles. The van der Waals surface area contributed by atoms with E-state index in [1.165, 1.54) is 10.7 Å². The van der Waals surface area contributed by atoms with E-state index in [0.29, 0.717) is 16.0 Å². The molecule has 0 bridgehead atoms. The summed E-state index contributed by atoms with van der Waals surface area (Å²) in [7, 11) is 0. The quantitative estimate of drug-likeness (QED) is 0.723. The van der Waals surface area contributed by atoms with Crippen LogP contribution in [0.1, 0.15) is 5.56 Å². The minimum Gasteiger partial charge on any atom is -0.398 e. The van der Waals surface area contributed by atoms with Crippen LogP contribution >= 0.6 is 15.9 Å². The predicted octanol–water partition coefficient (Wildman–Crippen LogP) is 3.12. The molecule has 106 valence electrons. The van der Waals surface area contributed by atoms with Crippen LogP contribution in [0.2, 0.25) is 0 Å². The van der Waals surface area contributed by atoms with Crippen LogP contribution in [0.15, 0.2) is 40.9 Å². The van der Waals surface area contributed by atoms with Gasteiger partial charge in [-0.15, -0.1) is 5.10 Å². The van der Waals surface area contributed by atoms with Crippen LogP contribution in [0.4, 0.5) is 10.1 Å². The molecule has 0 saturated carbocycles. The van der Waals surface area contributed by atoms with Gasteiger partial charge in [0.2, 0.25) is 0 Å². The number of para-hydroxylation sites is 1. The van der Waals surface area contributed by atoms with Crippen molar-refractivity contribution < 1.29 is 4.39 Å². The summed E-state index contributed by atoms with van der Waals surface area (Å²) < 4.78 is 16.0. The molecule has 0 fully saturated rings. The lowest BCUT2D eigenvalue weighted by molar-refractivity contribution is 0.606. The van der Waals surface area contributed by atoms with Gasteiger partial charge in [0.05, 0.1) is 0 Å². The highest BCUT2D eigenvalue weighted by atomic mass is 79.9. The zero-order valence-electron chi connectivity index (χ0n) is 11.1. The van der Waals surface area contributed by atoms with E-state index in [0.717, 1.165) is 11.1 Å². The zero-order valence-corrected chi connectivity index (χ0v) is 12.7. The van der Waals surface area contributed by atoms with Crippen molar-refractivity contribution in [2.24, 2.45) is 0 Å². The van der Waals surface area contributed by atoms with Crippen molar-refractivity contribution in [1.29, 1.82) is 0 Å². The lowest BCUT2D eigenvalue weighted by Gasteiger charge is -2.10. The van der Waals surface area contributed by atoms with Crippen molar-refractivity contribution >= 4 is 21.6 Å². The molecule has 0 aliphatic rings. The van der Waals surface area contributed by atoms with E-state index >= 15 is 0 Å². The number of anilines is 1. The van der Waals surface area contributed by atoms with Crippen molar-refractivity contribution in [2.45, 2.75) is 6.92 Å². The van der Waals surface area contributed by atoms with Gasteiger partial charge in [-0.25, -0.2) is 4.39 Å². The highest BCUT2D eigenvalue weighted by Crippen LogP contribution is 2.30. The summed E-state index contributed by atoms with van der Waals surface area (Å²) in [6.07, 6.45) is 0. The molecule has 0 aliphatic heterocycles. The molecular formula is C14H11BrFN5. The maximum atomic E-state index is 14.1. The summed E-state index contributed by atoms with van der Waals surface area (Å²) in [6, 6.07) is 10.2. The zero-order chi connectivity index (χ0) is 15.0. The first kappa shape index (κ1) is 13.7. The standard InChI is InChI=1S/C14H11BrFN5/c1-8-9(4-2-7-12(8)17)14-18-19-20-21(14)13-10(15)5-3-6-11(13)16/h2-7H,17H2,1H3. The first-order valence-electron chi connectivity index (χ1n) is 6.18. The van der Waals surface area contributed by atoms with Gasteiger partial charge >= 0.3 is 0 Å². The molecule has 0 spiro atoms. The summed E-state index contributed by atoms with van der Waals surface area (Å²) in [5.41, 5.74) is 8.42. The number of nitrogens with zero attached hydrogens (tertiary/aromatic N) is 4. The van der Waals surface area contributed by atoms with Gasteiger partial charge in [-0.1, -0.05) is 18.2 Å². The Morgan fingerprint density at radius 3 is 2.71 bits per heavy atom. The van der Waals surface area contributed by atoms with Crippen LogP contribution in [-0.4, -0.2) is 20.2 Å². The molecule has 5 nitrogen and oxygen atoms in total.